The molecule has 0 amide bonds. The zero-order chi connectivity index (χ0) is 11.5. The van der Waals surface area contributed by atoms with E-state index in [0.29, 0.717) is 11.6 Å². The summed E-state index contributed by atoms with van der Waals surface area (Å²) >= 11 is 0. The van der Waals surface area contributed by atoms with E-state index in [-0.39, 0.29) is 0 Å². The fourth-order valence-electron chi connectivity index (χ4n) is 1.96. The van der Waals surface area contributed by atoms with Crippen molar-refractivity contribution in [3.05, 3.63) is 17.5 Å². The van der Waals surface area contributed by atoms with E-state index in [2.05, 4.69) is 27.9 Å². The fraction of sp³-hybridized carbons (Fsp3) is 0.583. The number of rotatable bonds is 1. The second kappa shape index (κ2) is 4.48. The highest BCUT2D eigenvalue weighted by Crippen LogP contribution is 2.20. The number of anilines is 1. The van der Waals surface area contributed by atoms with Gasteiger partial charge in [-0.3, -0.25) is 0 Å². The summed E-state index contributed by atoms with van der Waals surface area (Å²) in [7, 11) is 0. The molecule has 0 aliphatic carbocycles. The normalized spacial score (nSPS) is 17.2. The number of aromatic nitrogens is 2. The standard InChI is InChI=1S/C12H16N4/c1-9-3-5-16(6-4-9)12-14-10(2)7-11(8-13)15-12/h7,9H,3-6H2,1-2H3. The van der Waals surface area contributed by atoms with Crippen LogP contribution in [-0.2, 0) is 0 Å². The SMILES string of the molecule is Cc1cc(C#N)nc(N2CCC(C)CC2)n1. The molecule has 1 aromatic heterocycles. The van der Waals surface area contributed by atoms with Gasteiger partial charge in [-0.1, -0.05) is 6.92 Å². The molecule has 0 spiro atoms. The van der Waals surface area contributed by atoms with Crippen LogP contribution in [0.2, 0.25) is 0 Å². The van der Waals surface area contributed by atoms with Gasteiger partial charge in [0, 0.05) is 18.8 Å². The van der Waals surface area contributed by atoms with Gasteiger partial charge < -0.3 is 4.90 Å². The van der Waals surface area contributed by atoms with Crippen molar-refractivity contribution in [2.45, 2.75) is 26.7 Å². The Labute approximate surface area is 95.9 Å². The Bertz CT molecular complexity index is 414. The van der Waals surface area contributed by atoms with E-state index >= 15 is 0 Å². The van der Waals surface area contributed by atoms with Crippen molar-refractivity contribution < 1.29 is 0 Å². The van der Waals surface area contributed by atoms with E-state index in [1.165, 1.54) is 12.8 Å². The zero-order valence-corrected chi connectivity index (χ0v) is 9.77. The minimum absolute atomic E-state index is 0.459. The number of nitrogens with zero attached hydrogens (tertiary/aromatic N) is 4. The van der Waals surface area contributed by atoms with Crippen LogP contribution in [-0.4, -0.2) is 23.1 Å². The third-order valence-corrected chi connectivity index (χ3v) is 3.02. The minimum Gasteiger partial charge on any atom is -0.341 e. The van der Waals surface area contributed by atoms with Gasteiger partial charge in [0.05, 0.1) is 0 Å². The highest BCUT2D eigenvalue weighted by Gasteiger charge is 2.18. The van der Waals surface area contributed by atoms with Crippen molar-refractivity contribution in [3.63, 3.8) is 0 Å². The first-order chi connectivity index (χ1) is 7.69. The summed E-state index contributed by atoms with van der Waals surface area (Å²) in [5, 5.41) is 8.87. The Balaban J connectivity index is 2.20. The van der Waals surface area contributed by atoms with Crippen LogP contribution in [0.25, 0.3) is 0 Å². The molecule has 0 radical (unpaired) electrons. The van der Waals surface area contributed by atoms with Crippen LogP contribution < -0.4 is 4.90 Å². The maximum absolute atomic E-state index is 8.87. The molecule has 2 heterocycles. The number of hydrogen-bond donors (Lipinski definition) is 0. The van der Waals surface area contributed by atoms with E-state index in [4.69, 9.17) is 5.26 Å². The number of hydrogen-bond acceptors (Lipinski definition) is 4. The van der Waals surface area contributed by atoms with E-state index in [0.717, 1.165) is 24.7 Å². The third-order valence-electron chi connectivity index (χ3n) is 3.02. The van der Waals surface area contributed by atoms with Crippen LogP contribution >= 0.6 is 0 Å². The molecule has 1 saturated heterocycles. The van der Waals surface area contributed by atoms with Crippen molar-refractivity contribution in [3.8, 4) is 6.07 Å². The Morgan fingerprint density at radius 1 is 1.38 bits per heavy atom. The van der Waals surface area contributed by atoms with Gasteiger partial charge >= 0.3 is 0 Å². The van der Waals surface area contributed by atoms with E-state index in [9.17, 15) is 0 Å². The van der Waals surface area contributed by atoms with Crippen LogP contribution in [0.1, 0.15) is 31.2 Å². The molecule has 0 N–H and O–H groups in total. The average Bonchev–Trinajstić information content (AvgIpc) is 2.29. The topological polar surface area (TPSA) is 52.8 Å². The van der Waals surface area contributed by atoms with Gasteiger partial charge in [-0.25, -0.2) is 9.97 Å². The average molecular weight is 216 g/mol. The molecule has 0 aromatic carbocycles. The maximum atomic E-state index is 8.87. The number of nitriles is 1. The molecule has 2 rings (SSSR count). The van der Waals surface area contributed by atoms with Crippen molar-refractivity contribution in [2.24, 2.45) is 5.92 Å². The summed E-state index contributed by atoms with van der Waals surface area (Å²) in [5.74, 6) is 1.50. The lowest BCUT2D eigenvalue weighted by Gasteiger charge is -2.30. The quantitative estimate of drug-likeness (QED) is 0.719. The lowest BCUT2D eigenvalue weighted by molar-refractivity contribution is 0.434. The second-order valence-corrected chi connectivity index (χ2v) is 4.48. The summed E-state index contributed by atoms with van der Waals surface area (Å²) in [6, 6.07) is 3.80. The van der Waals surface area contributed by atoms with Crippen LogP contribution in [0.3, 0.4) is 0 Å². The summed E-state index contributed by atoms with van der Waals surface area (Å²) in [5.41, 5.74) is 1.32. The second-order valence-electron chi connectivity index (χ2n) is 4.48. The molecule has 0 atom stereocenters. The Hall–Kier alpha value is -1.63. The summed E-state index contributed by atoms with van der Waals surface area (Å²) in [4.78, 5) is 10.8. The van der Waals surface area contributed by atoms with Gasteiger partial charge in [-0.15, -0.1) is 0 Å². The molecule has 84 valence electrons. The zero-order valence-electron chi connectivity index (χ0n) is 9.77. The van der Waals surface area contributed by atoms with Crippen molar-refractivity contribution >= 4 is 5.95 Å². The van der Waals surface area contributed by atoms with Gasteiger partial charge in [0.15, 0.2) is 0 Å². The van der Waals surface area contributed by atoms with E-state index in [1.54, 1.807) is 6.07 Å². The Kier molecular flexibility index (Phi) is 3.04. The molecular formula is C12H16N4. The first-order valence-electron chi connectivity index (χ1n) is 5.70. The van der Waals surface area contributed by atoms with E-state index in [1.807, 2.05) is 6.92 Å². The van der Waals surface area contributed by atoms with Gasteiger partial charge in [0.2, 0.25) is 5.95 Å². The smallest absolute Gasteiger partial charge is 0.226 e. The molecule has 1 aliphatic rings. The van der Waals surface area contributed by atoms with Gasteiger partial charge in [0.25, 0.3) is 0 Å². The lowest BCUT2D eigenvalue weighted by Crippen LogP contribution is -2.34. The molecule has 0 bridgehead atoms. The van der Waals surface area contributed by atoms with E-state index < -0.39 is 0 Å². The number of aryl methyl sites for hydroxylation is 1. The Morgan fingerprint density at radius 2 is 2.06 bits per heavy atom. The third kappa shape index (κ3) is 2.30. The van der Waals surface area contributed by atoms with Crippen molar-refractivity contribution in [2.75, 3.05) is 18.0 Å². The molecule has 4 heteroatoms. The highest BCUT2D eigenvalue weighted by atomic mass is 15.3. The van der Waals surface area contributed by atoms with Crippen LogP contribution in [0.4, 0.5) is 5.95 Å². The van der Waals surface area contributed by atoms with Gasteiger partial charge in [-0.05, 0) is 31.7 Å². The summed E-state index contributed by atoms with van der Waals surface area (Å²) < 4.78 is 0. The molecule has 4 nitrogen and oxygen atoms in total. The predicted molar refractivity (Wildman–Crippen MR) is 62.1 cm³/mol. The van der Waals surface area contributed by atoms with Crippen molar-refractivity contribution in [1.29, 1.82) is 5.26 Å². The van der Waals surface area contributed by atoms with Gasteiger partial charge in [-0.2, -0.15) is 5.26 Å². The maximum Gasteiger partial charge on any atom is 0.226 e. The molecule has 0 unspecified atom stereocenters. The number of piperidine rings is 1. The Morgan fingerprint density at radius 3 is 2.69 bits per heavy atom. The van der Waals surface area contributed by atoms with Crippen LogP contribution in [0.5, 0.6) is 0 Å². The summed E-state index contributed by atoms with van der Waals surface area (Å²) in [6.07, 6.45) is 2.36. The molecule has 1 fully saturated rings. The fourth-order valence-corrected chi connectivity index (χ4v) is 1.96. The van der Waals surface area contributed by atoms with Gasteiger partial charge in [0.1, 0.15) is 11.8 Å². The minimum atomic E-state index is 0.459. The van der Waals surface area contributed by atoms with Crippen molar-refractivity contribution in [1.82, 2.24) is 9.97 Å². The monoisotopic (exact) mass is 216 g/mol. The first kappa shape index (κ1) is 10.9. The highest BCUT2D eigenvalue weighted by molar-refractivity contribution is 5.36. The summed E-state index contributed by atoms with van der Waals surface area (Å²) in [6.45, 7) is 6.17. The molecule has 0 saturated carbocycles. The van der Waals surface area contributed by atoms with Crippen LogP contribution in [0, 0.1) is 24.2 Å². The molecule has 1 aliphatic heterocycles. The molecule has 1 aromatic rings. The lowest BCUT2D eigenvalue weighted by atomic mass is 10.00. The molecular weight excluding hydrogens is 200 g/mol. The predicted octanol–water partition coefficient (Wildman–Crippen LogP) is 1.89. The first-order valence-corrected chi connectivity index (χ1v) is 5.70. The largest absolute Gasteiger partial charge is 0.341 e. The molecule has 16 heavy (non-hydrogen) atoms. The van der Waals surface area contributed by atoms with Crippen LogP contribution in [0.15, 0.2) is 6.07 Å².